The van der Waals surface area contributed by atoms with Crippen LogP contribution >= 0.6 is 27.5 Å². The number of ether oxygens (including phenoxy) is 1. The molecule has 1 amide bonds. The minimum Gasteiger partial charge on any atom is -0.484 e. The Balaban J connectivity index is 1.93. The van der Waals surface area contributed by atoms with Gasteiger partial charge in [-0.3, -0.25) is 4.79 Å². The topological polar surface area (TPSA) is 63.7 Å². The molecule has 3 rings (SSSR count). The summed E-state index contributed by atoms with van der Waals surface area (Å²) in [5, 5.41) is 0.403. The molecule has 0 radical (unpaired) electrons. The number of carbonyl (C=O) groups is 1. The highest BCUT2D eigenvalue weighted by molar-refractivity contribution is 9.10. The summed E-state index contributed by atoms with van der Waals surface area (Å²) in [6.07, 6.45) is 2.98. The van der Waals surface area contributed by atoms with E-state index in [4.69, 9.17) is 16.3 Å². The van der Waals surface area contributed by atoms with Crippen LogP contribution in [0.3, 0.4) is 0 Å². The zero-order valence-electron chi connectivity index (χ0n) is 17.5. The molecule has 0 aliphatic carbocycles. The first-order valence-corrected chi connectivity index (χ1v) is 12.7. The number of aryl methyl sites for hydroxylation is 1. The summed E-state index contributed by atoms with van der Waals surface area (Å²) in [6.45, 7) is 1.67. The number of anilines is 1. The first kappa shape index (κ1) is 24.3. The zero-order chi connectivity index (χ0) is 23.1. The third-order valence-electron chi connectivity index (χ3n) is 4.73. The fourth-order valence-corrected chi connectivity index (χ4v) is 4.98. The van der Waals surface area contributed by atoms with E-state index >= 15 is 0 Å². The number of carbonyl (C=O) groups excluding carboxylic acids is 1. The summed E-state index contributed by atoms with van der Waals surface area (Å²) in [7, 11) is -4.18. The van der Waals surface area contributed by atoms with Crippen molar-refractivity contribution in [2.24, 2.45) is 0 Å². The lowest BCUT2D eigenvalue weighted by molar-refractivity contribution is -0.119. The van der Waals surface area contributed by atoms with E-state index in [-0.39, 0.29) is 10.6 Å². The minimum atomic E-state index is -4.18. The average Bonchev–Trinajstić information content (AvgIpc) is 2.77. The molecule has 0 saturated carbocycles. The van der Waals surface area contributed by atoms with Crippen LogP contribution < -0.4 is 9.04 Å². The van der Waals surface area contributed by atoms with Crippen LogP contribution in [0.1, 0.15) is 25.3 Å². The average molecular weight is 537 g/mol. The number of halogens is 2. The fraction of sp³-hybridized carbons (Fsp3) is 0.208. The second-order valence-corrected chi connectivity index (χ2v) is 10.3. The Morgan fingerprint density at radius 1 is 1.03 bits per heavy atom. The van der Waals surface area contributed by atoms with Crippen LogP contribution in [0.15, 0.2) is 82.2 Å². The molecule has 5 nitrogen and oxygen atoms in total. The molecule has 0 aromatic heterocycles. The van der Waals surface area contributed by atoms with E-state index in [1.165, 1.54) is 24.3 Å². The Hall–Kier alpha value is -2.35. The van der Waals surface area contributed by atoms with Crippen LogP contribution in [0.25, 0.3) is 0 Å². The van der Waals surface area contributed by atoms with Crippen molar-refractivity contribution in [2.45, 2.75) is 31.1 Å². The highest BCUT2D eigenvalue weighted by Crippen LogP contribution is 2.26. The molecule has 0 aliphatic rings. The van der Waals surface area contributed by atoms with E-state index in [1.807, 2.05) is 18.2 Å². The van der Waals surface area contributed by atoms with E-state index in [2.05, 4.69) is 22.9 Å². The largest absolute Gasteiger partial charge is 0.484 e. The van der Waals surface area contributed by atoms with Crippen molar-refractivity contribution in [3.05, 3.63) is 87.9 Å². The Bertz CT molecular complexity index is 1170. The molecule has 0 atom stereocenters. The summed E-state index contributed by atoms with van der Waals surface area (Å²) in [5.41, 5.74) is 1.33. The lowest BCUT2D eigenvalue weighted by atomic mass is 10.1. The van der Waals surface area contributed by atoms with Gasteiger partial charge in [-0.15, -0.1) is 0 Å². The van der Waals surface area contributed by atoms with Crippen molar-refractivity contribution in [3.8, 4) is 5.75 Å². The maximum absolute atomic E-state index is 13.4. The van der Waals surface area contributed by atoms with Gasteiger partial charge in [0.1, 0.15) is 5.75 Å². The number of hydrogen-bond acceptors (Lipinski definition) is 4. The standard InChI is InChI=1S/C24H23BrClNO4S/c1-2-3-5-18-8-12-21(13-9-18)27(32(29,30)23-14-10-20(26)11-15-23)24(28)17-31-22-7-4-6-19(25)16-22/h4,6-16H,2-3,5,17H2,1H3. The third kappa shape index (κ3) is 6.12. The van der Waals surface area contributed by atoms with Crippen LogP contribution in [0.5, 0.6) is 5.75 Å². The molecule has 0 unspecified atom stereocenters. The van der Waals surface area contributed by atoms with Gasteiger partial charge in [0.25, 0.3) is 15.9 Å². The molecular formula is C24H23BrClNO4S. The van der Waals surface area contributed by atoms with Gasteiger partial charge in [-0.25, -0.2) is 8.42 Å². The Morgan fingerprint density at radius 2 is 1.72 bits per heavy atom. The Labute approximate surface area is 202 Å². The SMILES string of the molecule is CCCCc1ccc(N(C(=O)COc2cccc(Br)c2)S(=O)(=O)c2ccc(Cl)cc2)cc1. The van der Waals surface area contributed by atoms with Crippen molar-refractivity contribution in [2.75, 3.05) is 10.9 Å². The molecular weight excluding hydrogens is 514 g/mol. The number of hydrogen-bond donors (Lipinski definition) is 0. The molecule has 168 valence electrons. The summed E-state index contributed by atoms with van der Waals surface area (Å²) in [6, 6.07) is 19.7. The molecule has 3 aromatic rings. The summed E-state index contributed by atoms with van der Waals surface area (Å²) < 4.78 is 34.0. The van der Waals surface area contributed by atoms with Crippen LogP contribution in [-0.2, 0) is 21.2 Å². The lowest BCUT2D eigenvalue weighted by Crippen LogP contribution is -2.40. The maximum Gasteiger partial charge on any atom is 0.278 e. The number of unbranched alkanes of at least 4 members (excludes halogenated alkanes) is 1. The van der Waals surface area contributed by atoms with Crippen LogP contribution in [0.2, 0.25) is 5.02 Å². The Kier molecular flexibility index (Phi) is 8.34. The number of amides is 1. The van der Waals surface area contributed by atoms with Gasteiger partial charge in [0.15, 0.2) is 6.61 Å². The molecule has 0 spiro atoms. The molecule has 3 aromatic carbocycles. The predicted octanol–water partition coefficient (Wildman–Crippen LogP) is 6.25. The Morgan fingerprint density at radius 3 is 2.34 bits per heavy atom. The van der Waals surface area contributed by atoms with Crippen LogP contribution in [-0.4, -0.2) is 20.9 Å². The van der Waals surface area contributed by atoms with E-state index < -0.39 is 22.5 Å². The van der Waals surface area contributed by atoms with Gasteiger partial charge in [-0.05, 0) is 73.0 Å². The van der Waals surface area contributed by atoms with Crippen molar-refractivity contribution < 1.29 is 17.9 Å². The van der Waals surface area contributed by atoms with Gasteiger partial charge in [0.2, 0.25) is 0 Å². The summed E-state index contributed by atoms with van der Waals surface area (Å²) in [5.74, 6) is -0.257. The van der Waals surface area contributed by atoms with Crippen LogP contribution in [0.4, 0.5) is 5.69 Å². The highest BCUT2D eigenvalue weighted by Gasteiger charge is 2.31. The molecule has 0 heterocycles. The van der Waals surface area contributed by atoms with E-state index in [1.54, 1.807) is 30.3 Å². The minimum absolute atomic E-state index is 0.0345. The number of benzene rings is 3. The second kappa shape index (κ2) is 11.0. The van der Waals surface area contributed by atoms with Crippen LogP contribution in [0, 0.1) is 0 Å². The molecule has 8 heteroatoms. The van der Waals surface area contributed by atoms with Crippen molar-refractivity contribution >= 4 is 49.1 Å². The highest BCUT2D eigenvalue weighted by atomic mass is 79.9. The predicted molar refractivity (Wildman–Crippen MR) is 131 cm³/mol. The number of sulfonamides is 1. The van der Waals surface area contributed by atoms with Gasteiger partial charge in [-0.1, -0.05) is 59.1 Å². The van der Waals surface area contributed by atoms with Gasteiger partial charge in [0, 0.05) is 9.50 Å². The maximum atomic E-state index is 13.4. The van der Waals surface area contributed by atoms with Gasteiger partial charge >= 0.3 is 0 Å². The van der Waals surface area contributed by atoms with Gasteiger partial charge in [0.05, 0.1) is 10.6 Å². The molecule has 0 N–H and O–H groups in total. The molecule has 0 saturated heterocycles. The second-order valence-electron chi connectivity index (χ2n) is 7.13. The molecule has 0 fully saturated rings. The quantitative estimate of drug-likeness (QED) is 0.324. The van der Waals surface area contributed by atoms with Crippen molar-refractivity contribution in [1.29, 1.82) is 0 Å². The normalized spacial score (nSPS) is 11.2. The van der Waals surface area contributed by atoms with Gasteiger partial charge < -0.3 is 4.74 Å². The van der Waals surface area contributed by atoms with E-state index in [9.17, 15) is 13.2 Å². The first-order valence-electron chi connectivity index (χ1n) is 10.1. The molecule has 0 bridgehead atoms. The van der Waals surface area contributed by atoms with E-state index in [0.717, 1.165) is 33.6 Å². The zero-order valence-corrected chi connectivity index (χ0v) is 20.7. The van der Waals surface area contributed by atoms with Crippen molar-refractivity contribution in [1.82, 2.24) is 0 Å². The van der Waals surface area contributed by atoms with E-state index in [0.29, 0.717) is 10.8 Å². The molecule has 0 aliphatic heterocycles. The smallest absolute Gasteiger partial charge is 0.278 e. The first-order chi connectivity index (χ1) is 15.3. The number of nitrogens with zero attached hydrogens (tertiary/aromatic N) is 1. The number of rotatable bonds is 9. The van der Waals surface area contributed by atoms with Gasteiger partial charge in [-0.2, -0.15) is 4.31 Å². The third-order valence-corrected chi connectivity index (χ3v) is 7.23. The summed E-state index contributed by atoms with van der Waals surface area (Å²) in [4.78, 5) is 13.1. The van der Waals surface area contributed by atoms with Crippen molar-refractivity contribution in [3.63, 3.8) is 0 Å². The monoisotopic (exact) mass is 535 g/mol. The summed E-state index contributed by atoms with van der Waals surface area (Å²) >= 11 is 9.26. The molecule has 32 heavy (non-hydrogen) atoms. The lowest BCUT2D eigenvalue weighted by Gasteiger charge is -2.23. The fourth-order valence-electron chi connectivity index (χ4n) is 3.07.